The van der Waals surface area contributed by atoms with Crippen molar-refractivity contribution in [2.24, 2.45) is 21.8 Å². The van der Waals surface area contributed by atoms with Gasteiger partial charge in [-0.25, -0.2) is 18.2 Å². The number of nitrogens with zero attached hydrogens (tertiary/aromatic N) is 3. The molecule has 3 atom stereocenters. The van der Waals surface area contributed by atoms with Crippen molar-refractivity contribution in [2.45, 2.75) is 30.7 Å². The van der Waals surface area contributed by atoms with Gasteiger partial charge in [0.05, 0.1) is 17.2 Å². The van der Waals surface area contributed by atoms with E-state index in [0.29, 0.717) is 29.8 Å². The highest BCUT2D eigenvalue weighted by atomic mass is 32.2. The molecule has 0 bridgehead atoms. The van der Waals surface area contributed by atoms with Crippen molar-refractivity contribution < 1.29 is 22.7 Å². The Labute approximate surface area is 184 Å². The van der Waals surface area contributed by atoms with Gasteiger partial charge in [-0.15, -0.1) is 0 Å². The molecule has 0 aromatic rings. The summed E-state index contributed by atoms with van der Waals surface area (Å²) in [6.45, 7) is 2.56. The van der Waals surface area contributed by atoms with Crippen LogP contribution in [0.2, 0.25) is 0 Å². The highest BCUT2D eigenvalue weighted by Crippen LogP contribution is 2.35. The summed E-state index contributed by atoms with van der Waals surface area (Å²) < 4.78 is 48.8. The maximum atomic E-state index is 14.7. The number of carbonyl (C=O) groups is 1. The van der Waals surface area contributed by atoms with Crippen molar-refractivity contribution >= 4 is 29.2 Å². The predicted molar refractivity (Wildman–Crippen MR) is 115 cm³/mol. The molecule has 0 aromatic carbocycles. The Morgan fingerprint density at radius 3 is 2.84 bits per heavy atom. The number of piperidine rings is 1. The number of ether oxygens (including phenoxy) is 1. The molecule has 1 N–H and O–H groups in total. The molecule has 0 radical (unpaired) electrons. The molecule has 1 unspecified atom stereocenters. The Bertz CT molecular complexity index is 838. The van der Waals surface area contributed by atoms with Crippen LogP contribution in [0.15, 0.2) is 33.4 Å². The Kier molecular flexibility index (Phi) is 7.18. The summed E-state index contributed by atoms with van der Waals surface area (Å²) in [5.74, 6) is -3.81. The summed E-state index contributed by atoms with van der Waals surface area (Å²) in [6.07, 6.45) is 2.74. The standard InChI is InChI=1S/C21H27F3N4O2S/c1-28-5-2-12(14(22)10-28)9-25-16-8-15-18(20(24)19(16)23)21(29)27-17(26-15)11-31-13-3-6-30-7-4-13/h8,12-14,18H,2-7,9-11H2,1H3,(H,26,27,29)/t12-,14-,18?/m1/s1. The fourth-order valence-corrected chi connectivity index (χ4v) is 5.22. The van der Waals surface area contributed by atoms with E-state index in [0.717, 1.165) is 32.6 Å². The van der Waals surface area contributed by atoms with Gasteiger partial charge >= 0.3 is 0 Å². The van der Waals surface area contributed by atoms with Gasteiger partial charge in [0, 0.05) is 37.5 Å². The molecule has 3 heterocycles. The van der Waals surface area contributed by atoms with E-state index in [2.05, 4.69) is 15.3 Å². The summed E-state index contributed by atoms with van der Waals surface area (Å²) >= 11 is 1.67. The van der Waals surface area contributed by atoms with Crippen LogP contribution in [-0.4, -0.2) is 79.4 Å². The van der Waals surface area contributed by atoms with Crippen LogP contribution < -0.4 is 5.32 Å². The SMILES string of the molecule is CN1CC[C@H](CN=C2C=C3N=C(CSC4CCOCC4)NC(=O)C3C(F)=C2F)[C@H](F)C1. The van der Waals surface area contributed by atoms with Gasteiger partial charge in [0.2, 0.25) is 5.91 Å². The van der Waals surface area contributed by atoms with Crippen molar-refractivity contribution in [2.75, 3.05) is 45.6 Å². The van der Waals surface area contributed by atoms with Crippen LogP contribution >= 0.6 is 11.8 Å². The minimum absolute atomic E-state index is 0.0713. The first kappa shape index (κ1) is 22.5. The van der Waals surface area contributed by atoms with Crippen LogP contribution in [0.1, 0.15) is 19.3 Å². The maximum absolute atomic E-state index is 14.7. The summed E-state index contributed by atoms with van der Waals surface area (Å²) in [5, 5.41) is 3.02. The lowest BCUT2D eigenvalue weighted by atomic mass is 9.93. The maximum Gasteiger partial charge on any atom is 0.241 e. The zero-order chi connectivity index (χ0) is 22.0. The summed E-state index contributed by atoms with van der Waals surface area (Å²) in [6, 6.07) is 0. The molecule has 2 fully saturated rings. The Hall–Kier alpha value is -1.65. The average molecular weight is 457 g/mol. The van der Waals surface area contributed by atoms with E-state index in [9.17, 15) is 18.0 Å². The van der Waals surface area contributed by atoms with Crippen LogP contribution in [0.3, 0.4) is 0 Å². The summed E-state index contributed by atoms with van der Waals surface area (Å²) in [7, 11) is 1.85. The third kappa shape index (κ3) is 5.23. The molecular formula is C21H27F3N4O2S. The zero-order valence-corrected chi connectivity index (χ0v) is 18.3. The minimum Gasteiger partial charge on any atom is -0.381 e. The average Bonchev–Trinajstić information content (AvgIpc) is 2.75. The molecule has 31 heavy (non-hydrogen) atoms. The molecule has 1 aliphatic carbocycles. The number of allylic oxidation sites excluding steroid dienone is 2. The first-order valence-electron chi connectivity index (χ1n) is 10.6. The van der Waals surface area contributed by atoms with Gasteiger partial charge in [-0.05, 0) is 38.9 Å². The first-order chi connectivity index (χ1) is 14.9. The Balaban J connectivity index is 1.48. The van der Waals surface area contributed by atoms with E-state index in [-0.39, 0.29) is 23.9 Å². The molecule has 3 aliphatic heterocycles. The number of thioether (sulfide) groups is 1. The fourth-order valence-electron chi connectivity index (χ4n) is 4.16. The number of rotatable bonds is 5. The molecule has 1 amide bonds. The first-order valence-corrected chi connectivity index (χ1v) is 11.7. The van der Waals surface area contributed by atoms with E-state index >= 15 is 0 Å². The van der Waals surface area contributed by atoms with Crippen molar-refractivity contribution in [3.05, 3.63) is 23.4 Å². The zero-order valence-electron chi connectivity index (χ0n) is 17.5. The lowest BCUT2D eigenvalue weighted by Crippen LogP contribution is -2.43. The second-order valence-electron chi connectivity index (χ2n) is 8.39. The number of likely N-dealkylation sites (tertiary alicyclic amines) is 1. The van der Waals surface area contributed by atoms with E-state index < -0.39 is 29.7 Å². The van der Waals surface area contributed by atoms with Gasteiger partial charge in [0.15, 0.2) is 11.7 Å². The van der Waals surface area contributed by atoms with E-state index in [1.165, 1.54) is 6.08 Å². The van der Waals surface area contributed by atoms with Gasteiger partial charge in [0.1, 0.15) is 17.9 Å². The topological polar surface area (TPSA) is 66.3 Å². The molecule has 170 valence electrons. The smallest absolute Gasteiger partial charge is 0.241 e. The summed E-state index contributed by atoms with van der Waals surface area (Å²) in [5.41, 5.74) is -0.0612. The number of aliphatic imine (C=N–C) groups is 2. The number of nitrogens with one attached hydrogen (secondary N) is 1. The molecule has 6 nitrogen and oxygen atoms in total. The van der Waals surface area contributed by atoms with Crippen LogP contribution in [0.25, 0.3) is 0 Å². The second-order valence-corrected chi connectivity index (χ2v) is 9.68. The van der Waals surface area contributed by atoms with E-state index in [1.807, 2.05) is 11.9 Å². The van der Waals surface area contributed by atoms with E-state index in [1.54, 1.807) is 11.8 Å². The van der Waals surface area contributed by atoms with Crippen LogP contribution in [0.5, 0.6) is 0 Å². The highest BCUT2D eigenvalue weighted by Gasteiger charge is 2.39. The number of amides is 1. The van der Waals surface area contributed by atoms with Crippen LogP contribution in [0, 0.1) is 11.8 Å². The molecule has 4 rings (SSSR count). The number of fused-ring (bicyclic) bond motifs is 1. The number of halogens is 3. The predicted octanol–water partition coefficient (Wildman–Crippen LogP) is 2.82. The molecule has 0 aromatic heterocycles. The molecular weight excluding hydrogens is 429 g/mol. The van der Waals surface area contributed by atoms with Gasteiger partial charge in [-0.1, -0.05) is 0 Å². The third-order valence-corrected chi connectivity index (χ3v) is 7.44. The van der Waals surface area contributed by atoms with Crippen molar-refractivity contribution in [3.63, 3.8) is 0 Å². The number of amidine groups is 1. The van der Waals surface area contributed by atoms with Gasteiger partial charge in [0.25, 0.3) is 0 Å². The number of hydrogen-bond acceptors (Lipinski definition) is 6. The normalized spacial score (nSPS) is 31.9. The number of hydrogen-bond donors (Lipinski definition) is 1. The monoisotopic (exact) mass is 456 g/mol. The van der Waals surface area contributed by atoms with Crippen molar-refractivity contribution in [1.82, 2.24) is 10.2 Å². The lowest BCUT2D eigenvalue weighted by molar-refractivity contribution is -0.122. The van der Waals surface area contributed by atoms with Gasteiger partial charge in [-0.3, -0.25) is 9.79 Å². The number of carbonyl (C=O) groups excluding carboxylic acids is 1. The van der Waals surface area contributed by atoms with Crippen molar-refractivity contribution in [3.8, 4) is 0 Å². The summed E-state index contributed by atoms with van der Waals surface area (Å²) in [4.78, 5) is 22.9. The largest absolute Gasteiger partial charge is 0.381 e. The number of alkyl halides is 1. The van der Waals surface area contributed by atoms with E-state index in [4.69, 9.17) is 4.74 Å². The fraction of sp³-hybridized carbons (Fsp3) is 0.667. The molecule has 10 heteroatoms. The third-order valence-electron chi connectivity index (χ3n) is 6.06. The van der Waals surface area contributed by atoms with Crippen LogP contribution in [0.4, 0.5) is 13.2 Å². The van der Waals surface area contributed by atoms with Gasteiger partial charge in [-0.2, -0.15) is 11.8 Å². The van der Waals surface area contributed by atoms with Crippen molar-refractivity contribution in [1.29, 1.82) is 0 Å². The molecule has 0 spiro atoms. The molecule has 4 aliphatic rings. The Morgan fingerprint density at radius 2 is 2.10 bits per heavy atom. The molecule has 2 saturated heterocycles. The highest BCUT2D eigenvalue weighted by molar-refractivity contribution is 8.00. The quantitative estimate of drug-likeness (QED) is 0.691. The van der Waals surface area contributed by atoms with Gasteiger partial charge < -0.3 is 15.0 Å². The Morgan fingerprint density at radius 1 is 1.32 bits per heavy atom. The minimum atomic E-state index is -1.40. The lowest BCUT2D eigenvalue weighted by Gasteiger charge is -2.31. The molecule has 0 saturated carbocycles. The van der Waals surface area contributed by atoms with Crippen LogP contribution in [-0.2, 0) is 9.53 Å². The second kappa shape index (κ2) is 9.87.